The van der Waals surface area contributed by atoms with Crippen LogP contribution >= 0.6 is 0 Å². The van der Waals surface area contributed by atoms with E-state index in [0.29, 0.717) is 0 Å². The first kappa shape index (κ1) is 43.9. The minimum absolute atomic E-state index is 0.0631. The zero-order valence-corrected chi connectivity index (χ0v) is 44.6. The number of hydrogen-bond donors (Lipinski definition) is 0. The van der Waals surface area contributed by atoms with Crippen molar-refractivity contribution in [3.05, 3.63) is 240 Å². The summed E-state index contributed by atoms with van der Waals surface area (Å²) in [6, 6.07) is 79.8. The first-order valence-corrected chi connectivity index (χ1v) is 27.6. The summed E-state index contributed by atoms with van der Waals surface area (Å²) < 4.78 is 5.24. The third-order valence-electron chi connectivity index (χ3n) is 17.9. The molecule has 17 rings (SSSR count). The lowest BCUT2D eigenvalue weighted by atomic mass is 9.30. The van der Waals surface area contributed by atoms with Crippen molar-refractivity contribution in [1.82, 2.24) is 9.13 Å². The van der Waals surface area contributed by atoms with Crippen LogP contribution in [0, 0.1) is 41.5 Å². The van der Waals surface area contributed by atoms with Crippen molar-refractivity contribution in [1.29, 1.82) is 0 Å². The second-order valence-electron chi connectivity index (χ2n) is 23.0. The summed E-state index contributed by atoms with van der Waals surface area (Å²) in [6.45, 7) is 13.3. The molecule has 0 unspecified atom stereocenters. The number of benzene rings is 11. The van der Waals surface area contributed by atoms with Crippen LogP contribution in [0.2, 0.25) is 0 Å². The Balaban J connectivity index is 1.06. The average Bonchev–Trinajstić information content (AvgIpc) is 3.66. The van der Waals surface area contributed by atoms with Gasteiger partial charge in [0.15, 0.2) is 0 Å². The molecule has 0 N–H and O–H groups in total. The van der Waals surface area contributed by atoms with E-state index in [-0.39, 0.29) is 13.4 Å². The molecule has 78 heavy (non-hydrogen) atoms. The maximum atomic E-state index is 2.69. The first-order chi connectivity index (χ1) is 38.1. The van der Waals surface area contributed by atoms with Crippen molar-refractivity contribution in [2.45, 2.75) is 41.5 Å². The quantitative estimate of drug-likeness (QED) is 0.163. The lowest BCUT2D eigenvalue weighted by molar-refractivity contribution is 1.17. The average molecular weight is 995 g/mol. The second-order valence-corrected chi connectivity index (χ2v) is 23.0. The van der Waals surface area contributed by atoms with Gasteiger partial charge in [-0.05, 0) is 188 Å². The van der Waals surface area contributed by atoms with Crippen molar-refractivity contribution in [3.8, 4) is 33.6 Å². The van der Waals surface area contributed by atoms with Gasteiger partial charge in [0.2, 0.25) is 0 Å². The first-order valence-electron chi connectivity index (χ1n) is 27.6. The smallest absolute Gasteiger partial charge is 0.252 e. The molecule has 4 aliphatic heterocycles. The van der Waals surface area contributed by atoms with Gasteiger partial charge in [-0.2, -0.15) is 0 Å². The lowest BCUT2D eigenvalue weighted by Gasteiger charge is -2.45. The molecule has 366 valence electrons. The van der Waals surface area contributed by atoms with Gasteiger partial charge in [-0.1, -0.05) is 149 Å². The summed E-state index contributed by atoms with van der Waals surface area (Å²) in [5.74, 6) is 0. The maximum absolute atomic E-state index is 2.69. The molecular weight excluding hydrogens is 942 g/mol. The largest absolute Gasteiger partial charge is 0.311 e. The molecule has 2 aromatic heterocycles. The highest BCUT2D eigenvalue weighted by atomic mass is 15.2. The van der Waals surface area contributed by atoms with E-state index >= 15 is 0 Å². The summed E-state index contributed by atoms with van der Waals surface area (Å²) in [7, 11) is 0. The van der Waals surface area contributed by atoms with Crippen LogP contribution in [0.3, 0.4) is 0 Å². The number of anilines is 6. The Labute approximate surface area is 455 Å². The Morgan fingerprint density at radius 1 is 0.269 bits per heavy atom. The zero-order chi connectivity index (χ0) is 52.0. The molecule has 13 aromatic rings. The zero-order valence-electron chi connectivity index (χ0n) is 44.6. The topological polar surface area (TPSA) is 16.3 Å². The monoisotopic (exact) mass is 994 g/mol. The molecule has 11 aromatic carbocycles. The normalized spacial score (nSPS) is 13.4. The summed E-state index contributed by atoms with van der Waals surface area (Å²) in [4.78, 5) is 5.23. The number of nitrogens with zero attached hydrogens (tertiary/aromatic N) is 4. The van der Waals surface area contributed by atoms with Crippen LogP contribution in [-0.2, 0) is 0 Å². The number of aryl methyl sites for hydroxylation is 6. The summed E-state index contributed by atoms with van der Waals surface area (Å²) in [6.07, 6.45) is 0. The van der Waals surface area contributed by atoms with E-state index in [1.807, 2.05) is 0 Å². The van der Waals surface area contributed by atoms with Crippen LogP contribution in [0.25, 0.3) is 77.2 Å². The van der Waals surface area contributed by atoms with Crippen LogP contribution in [0.1, 0.15) is 33.4 Å². The molecule has 0 bridgehead atoms. The Bertz CT molecular complexity index is 4500. The van der Waals surface area contributed by atoms with E-state index in [4.69, 9.17) is 0 Å². The number of rotatable bonds is 4. The molecule has 6 heterocycles. The fraction of sp³-hybridized carbons (Fsp3) is 0.0833. The molecule has 0 saturated carbocycles. The van der Waals surface area contributed by atoms with Crippen molar-refractivity contribution in [3.63, 3.8) is 0 Å². The molecular formula is C72H52B2N4. The van der Waals surface area contributed by atoms with Crippen molar-refractivity contribution < 1.29 is 0 Å². The van der Waals surface area contributed by atoms with Gasteiger partial charge in [0, 0.05) is 78.1 Å². The van der Waals surface area contributed by atoms with Gasteiger partial charge in [-0.15, -0.1) is 0 Å². The van der Waals surface area contributed by atoms with Crippen LogP contribution in [0.15, 0.2) is 206 Å². The van der Waals surface area contributed by atoms with Gasteiger partial charge < -0.3 is 18.9 Å². The number of aromatic nitrogens is 2. The summed E-state index contributed by atoms with van der Waals surface area (Å²) in [5.41, 5.74) is 35.2. The van der Waals surface area contributed by atoms with Crippen LogP contribution < -0.4 is 42.6 Å². The third kappa shape index (κ3) is 5.92. The molecule has 4 aliphatic rings. The Morgan fingerprint density at radius 2 is 0.654 bits per heavy atom. The van der Waals surface area contributed by atoms with E-state index in [9.17, 15) is 0 Å². The fourth-order valence-corrected chi connectivity index (χ4v) is 14.6. The van der Waals surface area contributed by atoms with E-state index in [2.05, 4.69) is 267 Å². The minimum atomic E-state index is -0.0631. The van der Waals surface area contributed by atoms with Crippen molar-refractivity contribution in [2.75, 3.05) is 9.80 Å². The number of fused-ring (bicyclic) bond motifs is 14. The van der Waals surface area contributed by atoms with Gasteiger partial charge in [0.25, 0.3) is 13.4 Å². The fourth-order valence-electron chi connectivity index (χ4n) is 14.6. The van der Waals surface area contributed by atoms with Gasteiger partial charge in [0.1, 0.15) is 0 Å². The Morgan fingerprint density at radius 3 is 1.08 bits per heavy atom. The summed E-state index contributed by atoms with van der Waals surface area (Å²) >= 11 is 0. The molecule has 0 radical (unpaired) electrons. The van der Waals surface area contributed by atoms with Gasteiger partial charge in [-0.25, -0.2) is 0 Å². The second kappa shape index (κ2) is 15.7. The molecule has 6 heteroatoms. The maximum Gasteiger partial charge on any atom is 0.252 e. The van der Waals surface area contributed by atoms with E-state index < -0.39 is 0 Å². The third-order valence-corrected chi connectivity index (χ3v) is 17.9. The minimum Gasteiger partial charge on any atom is -0.311 e. The highest BCUT2D eigenvalue weighted by molar-refractivity contribution is 7.03. The molecule has 0 saturated heterocycles. The standard InChI is InChI=1S/C72H52B2N4/c1-41-17-23-51(24-18-41)75-63-40-64-58(39-57(63)73-59-33-45(5)31-55-53-29-43(3)21-27-61(53)77(71(55)59)67-37-49(35-65(75)69(67)73)47-13-9-7-10-14-47)74-60-34-46(6)32-56-54-30-44(4)22-28-62(54)78(72(56)60)68-38-50(48-15-11-8-12-16-48)36-66(70(68)74)76(64)52-25-19-42(2)20-26-52/h7-40H,1-6H3. The Hall–Kier alpha value is -9.25. The highest BCUT2D eigenvalue weighted by Crippen LogP contribution is 2.49. The molecule has 0 atom stereocenters. The molecule has 0 aliphatic carbocycles. The van der Waals surface area contributed by atoms with Gasteiger partial charge in [-0.3, -0.25) is 0 Å². The SMILES string of the molecule is Cc1ccc(N2c3cc4c(cc3B3c5c2cc(-c2ccccc2)cc5-n2c5ccc(C)cc5c5cc(C)cc3c52)B2c3c(cc(-c5ccccc5)cc3-n3c5ccc(C)cc5c5cc(C)cc2c53)N4c2ccc(C)cc2)cc1. The molecule has 0 spiro atoms. The van der Waals surface area contributed by atoms with Gasteiger partial charge in [0.05, 0.1) is 11.0 Å². The molecule has 0 amide bonds. The Kier molecular flexibility index (Phi) is 8.83. The van der Waals surface area contributed by atoms with Crippen LogP contribution in [0.4, 0.5) is 34.1 Å². The van der Waals surface area contributed by atoms with Crippen LogP contribution in [-0.4, -0.2) is 22.6 Å². The van der Waals surface area contributed by atoms with Gasteiger partial charge >= 0.3 is 0 Å². The predicted octanol–water partition coefficient (Wildman–Crippen LogP) is 14.3. The molecule has 0 fully saturated rings. The molecule has 4 nitrogen and oxygen atoms in total. The van der Waals surface area contributed by atoms with Crippen LogP contribution in [0.5, 0.6) is 0 Å². The predicted molar refractivity (Wildman–Crippen MR) is 333 cm³/mol. The summed E-state index contributed by atoms with van der Waals surface area (Å²) in [5, 5.41) is 5.24. The highest BCUT2D eigenvalue weighted by Gasteiger charge is 2.48. The van der Waals surface area contributed by atoms with E-state index in [0.717, 1.165) is 11.4 Å². The van der Waals surface area contributed by atoms with Crippen molar-refractivity contribution in [2.24, 2.45) is 0 Å². The van der Waals surface area contributed by atoms with E-state index in [1.165, 1.54) is 166 Å². The number of hydrogen-bond acceptors (Lipinski definition) is 2. The van der Waals surface area contributed by atoms with Crippen molar-refractivity contribution >= 4 is 124 Å². The lowest BCUT2D eigenvalue weighted by Crippen LogP contribution is -2.64. The van der Waals surface area contributed by atoms with E-state index in [1.54, 1.807) is 0 Å².